The smallest absolute Gasteiger partial charge is 0.326 e. The average Bonchev–Trinajstić information content (AvgIpc) is 3.50. The molecule has 12 heteroatoms. The zero-order valence-electron chi connectivity index (χ0n) is 25.7. The number of hydrogen-bond acceptors (Lipinski definition) is 6. The van der Waals surface area contributed by atoms with Gasteiger partial charge in [0.25, 0.3) is 11.8 Å². The van der Waals surface area contributed by atoms with Crippen molar-refractivity contribution in [2.45, 2.75) is 58.0 Å². The molecule has 2 N–H and O–H groups in total. The minimum Gasteiger partial charge on any atom is -0.480 e. The van der Waals surface area contributed by atoms with Gasteiger partial charge in [-0.3, -0.25) is 9.59 Å². The Morgan fingerprint density at radius 3 is 2.40 bits per heavy atom. The monoisotopic (exact) mass is 674 g/mol. The largest absolute Gasteiger partial charge is 0.480 e. The number of carbonyl (C=O) groups excluding carboxylic acids is 2. The number of furan rings is 1. The molecule has 0 spiro atoms. The molecular formula is C33H36Cl2N2O7S. The maximum atomic E-state index is 13.2. The lowest BCUT2D eigenvalue weighted by Gasteiger charge is -2.30. The van der Waals surface area contributed by atoms with Crippen LogP contribution >= 0.6 is 23.2 Å². The van der Waals surface area contributed by atoms with Crippen molar-refractivity contribution in [2.24, 2.45) is 0 Å². The molecule has 5 rings (SSSR count). The summed E-state index contributed by atoms with van der Waals surface area (Å²) in [5.74, 6) is -2.28. The Hall–Kier alpha value is -3.86. The number of nitrogens with one attached hydrogen (secondary N) is 1. The van der Waals surface area contributed by atoms with Crippen molar-refractivity contribution in [1.82, 2.24) is 10.2 Å². The molecule has 1 aliphatic rings. The highest BCUT2D eigenvalue weighted by molar-refractivity contribution is 7.90. The first-order valence-corrected chi connectivity index (χ1v) is 17.2. The quantitative estimate of drug-likeness (QED) is 0.220. The molecule has 1 unspecified atom stereocenters. The van der Waals surface area contributed by atoms with Gasteiger partial charge in [0.2, 0.25) is 0 Å². The highest BCUT2D eigenvalue weighted by Gasteiger charge is 2.30. The number of carboxylic acid groups (broad SMARTS) is 1. The fourth-order valence-electron chi connectivity index (χ4n) is 4.87. The number of fused-ring (bicyclic) bond motifs is 2. The first-order valence-electron chi connectivity index (χ1n) is 14.5. The molecule has 9 nitrogen and oxygen atoms in total. The first-order chi connectivity index (χ1) is 21.4. The van der Waals surface area contributed by atoms with Gasteiger partial charge in [-0.2, -0.15) is 0 Å². The lowest BCUT2D eigenvalue weighted by molar-refractivity contribution is -0.139. The fourth-order valence-corrected chi connectivity index (χ4v) is 6.33. The molecule has 0 radical (unpaired) electrons. The molecule has 1 aromatic heterocycles. The third-order valence-corrected chi connectivity index (χ3v) is 8.82. The Bertz CT molecular complexity index is 1820. The minimum atomic E-state index is -3.50. The lowest BCUT2D eigenvalue weighted by atomic mass is 9.95. The van der Waals surface area contributed by atoms with E-state index in [9.17, 15) is 27.9 Å². The van der Waals surface area contributed by atoms with Gasteiger partial charge in [-0.25, -0.2) is 13.2 Å². The topological polar surface area (TPSA) is 134 Å². The van der Waals surface area contributed by atoms with Crippen LogP contribution in [0.4, 0.5) is 0 Å². The van der Waals surface area contributed by atoms with E-state index in [1.165, 1.54) is 18.2 Å². The zero-order chi connectivity index (χ0) is 33.5. The maximum Gasteiger partial charge on any atom is 0.326 e. The van der Waals surface area contributed by atoms with Crippen LogP contribution in [0.2, 0.25) is 10.0 Å². The van der Waals surface area contributed by atoms with E-state index in [1.807, 2.05) is 39.8 Å². The van der Waals surface area contributed by atoms with Gasteiger partial charge in [-0.15, -0.1) is 0 Å². The van der Waals surface area contributed by atoms with Gasteiger partial charge in [0.05, 0.1) is 26.8 Å². The molecule has 2 heterocycles. The van der Waals surface area contributed by atoms with Gasteiger partial charge in [0.1, 0.15) is 11.6 Å². The molecule has 0 saturated carbocycles. The van der Waals surface area contributed by atoms with Crippen LogP contribution in [0.5, 0.6) is 0 Å². The molecule has 1 atom stereocenters. The Morgan fingerprint density at radius 1 is 1.02 bits per heavy atom. The average molecular weight is 676 g/mol. The van der Waals surface area contributed by atoms with Crippen molar-refractivity contribution in [1.29, 1.82) is 0 Å². The molecule has 4 aromatic rings. The van der Waals surface area contributed by atoms with Crippen LogP contribution < -0.4 is 5.32 Å². The fraction of sp³-hybridized carbons (Fsp3) is 0.303. The Morgan fingerprint density at radius 2 is 1.73 bits per heavy atom. The summed E-state index contributed by atoms with van der Waals surface area (Å²) >= 11 is 13.1. The number of carbonyl (C=O) groups is 3. The summed E-state index contributed by atoms with van der Waals surface area (Å²) in [5, 5.41) is 13.2. The number of benzene rings is 3. The molecule has 0 bridgehead atoms. The van der Waals surface area contributed by atoms with Gasteiger partial charge < -0.3 is 19.7 Å². The second-order valence-electron chi connectivity index (χ2n) is 9.82. The second kappa shape index (κ2) is 15.4. The predicted molar refractivity (Wildman–Crippen MR) is 176 cm³/mol. The number of sulfone groups is 1. The molecule has 1 aliphatic heterocycles. The third kappa shape index (κ3) is 8.25. The summed E-state index contributed by atoms with van der Waals surface area (Å²) < 4.78 is 29.2. The molecule has 2 amide bonds. The standard InChI is InChI=1S/C29H24Cl2N2O7S.2C2H6/c1-41(38,39)20-4-2-3-16(11-20)12-23(29(36)37)32-27(34)25-22(30)13-19-15-33(9-7-21(19)26(25)31)28(35)18-6-5-17-8-10-40-24(17)14-18;2*1-2/h2-6,8,10-11,13-14,23H,7,9,12,15H2,1H3,(H,32,34)(H,36,37);2*1-2H3. The molecule has 3 aromatic carbocycles. The number of aliphatic carboxylic acids is 1. The molecule has 45 heavy (non-hydrogen) atoms. The Kier molecular flexibility index (Phi) is 12.2. The number of nitrogens with zero attached hydrogens (tertiary/aromatic N) is 1. The third-order valence-electron chi connectivity index (χ3n) is 6.99. The highest BCUT2D eigenvalue weighted by Crippen LogP contribution is 2.35. The number of halogens is 2. The SMILES string of the molecule is CC.CC.CS(=O)(=O)c1cccc(CC(NC(=O)c2c(Cl)cc3c(c2Cl)CCN(C(=O)c2ccc4ccoc4c2)C3)C(=O)O)c1. The molecule has 0 fully saturated rings. The normalized spacial score (nSPS) is 13.0. The van der Waals surface area contributed by atoms with Crippen molar-refractivity contribution in [2.75, 3.05) is 12.8 Å². The van der Waals surface area contributed by atoms with E-state index in [0.717, 1.165) is 11.6 Å². The van der Waals surface area contributed by atoms with Gasteiger partial charge in [-0.05, 0) is 59.5 Å². The van der Waals surface area contributed by atoms with E-state index < -0.39 is 27.8 Å². The van der Waals surface area contributed by atoms with Crippen LogP contribution in [-0.4, -0.2) is 55.1 Å². The van der Waals surface area contributed by atoms with E-state index in [4.69, 9.17) is 27.6 Å². The number of amides is 2. The summed E-state index contributed by atoms with van der Waals surface area (Å²) in [6, 6.07) is 13.1. The molecule has 240 valence electrons. The van der Waals surface area contributed by atoms with Gasteiger partial charge in [0.15, 0.2) is 9.84 Å². The zero-order valence-corrected chi connectivity index (χ0v) is 28.0. The minimum absolute atomic E-state index is 0.0146. The maximum absolute atomic E-state index is 13.2. The van der Waals surface area contributed by atoms with Gasteiger partial charge in [0, 0.05) is 36.7 Å². The molecular weight excluding hydrogens is 639 g/mol. The highest BCUT2D eigenvalue weighted by atomic mass is 35.5. The van der Waals surface area contributed by atoms with Gasteiger partial charge >= 0.3 is 5.97 Å². The van der Waals surface area contributed by atoms with Crippen LogP contribution in [-0.2, 0) is 34.0 Å². The Balaban J connectivity index is 0.00000133. The Labute approximate surface area is 273 Å². The first kappa shape index (κ1) is 35.6. The van der Waals surface area contributed by atoms with E-state index >= 15 is 0 Å². The van der Waals surface area contributed by atoms with Crippen LogP contribution in [0.15, 0.2) is 70.2 Å². The summed E-state index contributed by atoms with van der Waals surface area (Å²) in [5.41, 5.74) is 2.77. The summed E-state index contributed by atoms with van der Waals surface area (Å²) in [6.07, 6.45) is 2.81. The summed E-state index contributed by atoms with van der Waals surface area (Å²) in [7, 11) is -3.50. The number of rotatable bonds is 7. The van der Waals surface area contributed by atoms with E-state index in [0.29, 0.717) is 40.8 Å². The number of carboxylic acids is 1. The predicted octanol–water partition coefficient (Wildman–Crippen LogP) is 6.82. The summed E-state index contributed by atoms with van der Waals surface area (Å²) in [4.78, 5) is 40.1. The molecule has 0 saturated heterocycles. The van der Waals surface area contributed by atoms with Crippen molar-refractivity contribution < 1.29 is 32.3 Å². The van der Waals surface area contributed by atoms with Crippen molar-refractivity contribution in [3.63, 3.8) is 0 Å². The van der Waals surface area contributed by atoms with Crippen LogP contribution in [0.3, 0.4) is 0 Å². The second-order valence-corrected chi connectivity index (χ2v) is 12.6. The van der Waals surface area contributed by atoms with Crippen LogP contribution in [0, 0.1) is 0 Å². The van der Waals surface area contributed by atoms with E-state index in [1.54, 1.807) is 35.4 Å². The molecule has 0 aliphatic carbocycles. The van der Waals surface area contributed by atoms with Crippen molar-refractivity contribution >= 4 is 61.8 Å². The number of hydrogen-bond donors (Lipinski definition) is 2. The van der Waals surface area contributed by atoms with Crippen molar-refractivity contribution in [3.05, 3.63) is 98.7 Å². The van der Waals surface area contributed by atoms with Gasteiger partial charge in [-0.1, -0.05) is 69.1 Å². The van der Waals surface area contributed by atoms with E-state index in [2.05, 4.69) is 5.32 Å². The van der Waals surface area contributed by atoms with Crippen molar-refractivity contribution in [3.8, 4) is 0 Å². The summed E-state index contributed by atoms with van der Waals surface area (Å²) in [6.45, 7) is 8.57. The van der Waals surface area contributed by atoms with E-state index in [-0.39, 0.29) is 39.4 Å². The lowest BCUT2D eigenvalue weighted by Crippen LogP contribution is -2.42. The van der Waals surface area contributed by atoms with Crippen LogP contribution in [0.1, 0.15) is 65.1 Å². The van der Waals surface area contributed by atoms with Crippen LogP contribution in [0.25, 0.3) is 11.0 Å².